The third-order valence-electron chi connectivity index (χ3n) is 7.56. The Kier molecular flexibility index (Phi) is 11.6. The van der Waals surface area contributed by atoms with Gasteiger partial charge in [-0.2, -0.15) is 0 Å². The number of carbonyl (C=O) groups excluding carboxylic acids is 3. The standard InChI is InChI=1S/C9H14BF2NO3.C8H10F2O4.C7H8F2O4/c1-4(14)6-7(9(6,11)12)8(5(2)15)13-10(3)16;1-3(7(13)14-2)4-5(6(11)12)8(4,9)10;1-2(5(10)11)3-4(6(12)13)7(3,8)9/h6-8,13,16H,1-3H3;3-5H,1-2H3,(H,11,12);2-4H,1H3,(H,10,11)(H,12,13)/t;3-,4?,5?;2-,3-,4+/m.11/s1. The second-order valence-corrected chi connectivity index (χ2v) is 10.7. The molecule has 43 heavy (non-hydrogen) atoms. The molecule has 0 aromatic carbocycles. The number of hydrogen-bond donors (Lipinski definition) is 5. The average molecular weight is 635 g/mol. The number of methoxy groups -OCH3 is 1. The van der Waals surface area contributed by atoms with Gasteiger partial charge in [-0.25, -0.2) is 26.3 Å². The first-order chi connectivity index (χ1) is 19.3. The maximum absolute atomic E-state index is 13.3. The van der Waals surface area contributed by atoms with Crippen LogP contribution in [0.15, 0.2) is 0 Å². The molecule has 3 aliphatic carbocycles. The number of ketones is 2. The highest BCUT2D eigenvalue weighted by Crippen LogP contribution is 2.60. The van der Waals surface area contributed by atoms with E-state index in [0.717, 1.165) is 27.9 Å². The molecule has 0 amide bonds. The van der Waals surface area contributed by atoms with Gasteiger partial charge in [0.15, 0.2) is 0 Å². The summed E-state index contributed by atoms with van der Waals surface area (Å²) in [5.74, 6) is -28.1. The number of aliphatic carboxylic acids is 3. The smallest absolute Gasteiger partial charge is 0.374 e. The van der Waals surface area contributed by atoms with Crippen LogP contribution in [0.4, 0.5) is 26.3 Å². The third kappa shape index (κ3) is 8.04. The summed E-state index contributed by atoms with van der Waals surface area (Å²) in [5, 5.41) is 36.6. The van der Waals surface area contributed by atoms with E-state index >= 15 is 0 Å². The topological polar surface area (TPSA) is 205 Å². The Balaban J connectivity index is 0.000000324. The lowest BCUT2D eigenvalue weighted by Crippen LogP contribution is -2.46. The largest absolute Gasteiger partial charge is 0.481 e. The number of hydrogen-bond acceptors (Lipinski definition) is 9. The molecule has 19 heteroatoms. The van der Waals surface area contributed by atoms with Gasteiger partial charge < -0.3 is 30.3 Å². The number of rotatable bonds is 11. The molecule has 3 rings (SSSR count). The third-order valence-corrected chi connectivity index (χ3v) is 7.56. The number of Topliss-reactive ketones (excluding diaryl/α,β-unsaturated/α-hetero) is 2. The van der Waals surface area contributed by atoms with E-state index in [1.807, 2.05) is 0 Å². The number of carboxylic acids is 3. The second kappa shape index (κ2) is 13.2. The predicted molar refractivity (Wildman–Crippen MR) is 131 cm³/mol. The van der Waals surface area contributed by atoms with Crippen LogP contribution >= 0.6 is 0 Å². The summed E-state index contributed by atoms with van der Waals surface area (Å²) in [6.07, 6.45) is 0. The predicted octanol–water partition coefficient (Wildman–Crippen LogP) is 1.55. The van der Waals surface area contributed by atoms with Crippen molar-refractivity contribution in [2.75, 3.05) is 7.11 Å². The summed E-state index contributed by atoms with van der Waals surface area (Å²) in [6, 6.07) is -1.18. The molecule has 3 fully saturated rings. The first-order valence-electron chi connectivity index (χ1n) is 12.7. The number of alkyl halides is 6. The Bertz CT molecular complexity index is 1140. The minimum Gasteiger partial charge on any atom is -0.481 e. The Morgan fingerprint density at radius 2 is 1.12 bits per heavy atom. The number of esters is 1. The van der Waals surface area contributed by atoms with Gasteiger partial charge in [-0.15, -0.1) is 0 Å². The van der Waals surface area contributed by atoms with Gasteiger partial charge in [0.05, 0.1) is 48.7 Å². The number of carbonyl (C=O) groups is 6. The molecule has 0 aromatic rings. The molecule has 9 atom stereocenters. The minimum absolute atomic E-state index is 0.505. The Morgan fingerprint density at radius 1 is 0.744 bits per heavy atom. The quantitative estimate of drug-likeness (QED) is 0.125. The van der Waals surface area contributed by atoms with Crippen molar-refractivity contribution < 1.29 is 80.2 Å². The molecule has 0 aliphatic heterocycles. The van der Waals surface area contributed by atoms with E-state index in [1.54, 1.807) is 0 Å². The van der Waals surface area contributed by atoms with Crippen LogP contribution in [-0.2, 0) is 33.5 Å². The van der Waals surface area contributed by atoms with Crippen LogP contribution in [0.3, 0.4) is 0 Å². The van der Waals surface area contributed by atoms with Crippen LogP contribution < -0.4 is 5.23 Å². The molecule has 12 nitrogen and oxygen atoms in total. The van der Waals surface area contributed by atoms with Gasteiger partial charge >= 0.3 is 30.9 Å². The lowest BCUT2D eigenvalue weighted by atomic mass is 9.85. The Labute approximate surface area is 241 Å². The monoisotopic (exact) mass is 635 g/mol. The van der Waals surface area contributed by atoms with Crippen molar-refractivity contribution in [3.63, 3.8) is 0 Å². The fraction of sp³-hybridized carbons (Fsp3) is 0.750. The number of halogens is 6. The van der Waals surface area contributed by atoms with Crippen LogP contribution in [0.5, 0.6) is 0 Å². The molecule has 3 aliphatic rings. The molecule has 0 heterocycles. The van der Waals surface area contributed by atoms with Crippen LogP contribution in [-0.4, -0.2) is 93.8 Å². The number of nitrogens with one attached hydrogen (secondary N) is 1. The van der Waals surface area contributed by atoms with E-state index in [0.29, 0.717) is 0 Å². The molecule has 0 spiro atoms. The zero-order chi connectivity index (χ0) is 34.2. The first kappa shape index (κ1) is 37.8. The highest BCUT2D eigenvalue weighted by molar-refractivity contribution is 6.46. The fourth-order valence-electron chi connectivity index (χ4n) is 5.09. The van der Waals surface area contributed by atoms with E-state index in [2.05, 4.69) is 9.96 Å². The SMILES string of the molecule is CB(O)NC(C(C)=O)C1C(C(C)=O)C1(F)F.COC(=O)[C@H](C)C1C(C(=O)O)C1(F)F.C[C@@H](C(=O)O)[C@@H]1[C@@H](C(=O)O)C1(F)F. The van der Waals surface area contributed by atoms with Crippen molar-refractivity contribution in [3.8, 4) is 0 Å². The lowest BCUT2D eigenvalue weighted by Gasteiger charge is -2.15. The van der Waals surface area contributed by atoms with Crippen LogP contribution in [0.2, 0.25) is 6.82 Å². The number of ether oxygens (including phenoxy) is 1. The van der Waals surface area contributed by atoms with E-state index in [9.17, 15) is 55.1 Å². The maximum Gasteiger partial charge on any atom is 0.374 e. The van der Waals surface area contributed by atoms with Gasteiger partial charge in [-0.05, 0) is 20.7 Å². The van der Waals surface area contributed by atoms with Crippen molar-refractivity contribution >= 4 is 42.5 Å². The summed E-state index contributed by atoms with van der Waals surface area (Å²) in [4.78, 5) is 64.0. The van der Waals surface area contributed by atoms with Gasteiger partial charge in [0.2, 0.25) is 0 Å². The molecular weight excluding hydrogens is 603 g/mol. The molecule has 0 bridgehead atoms. The van der Waals surface area contributed by atoms with E-state index in [-0.39, 0.29) is 0 Å². The minimum atomic E-state index is -3.37. The second-order valence-electron chi connectivity index (χ2n) is 10.7. The van der Waals surface area contributed by atoms with Crippen LogP contribution in [0.25, 0.3) is 0 Å². The summed E-state index contributed by atoms with van der Waals surface area (Å²) >= 11 is 0. The zero-order valence-corrected chi connectivity index (χ0v) is 23.7. The molecular formula is C24H32BF6NO11. The van der Waals surface area contributed by atoms with Gasteiger partial charge in [-0.3, -0.25) is 28.8 Å². The van der Waals surface area contributed by atoms with Crippen molar-refractivity contribution in [1.82, 2.24) is 5.23 Å². The van der Waals surface area contributed by atoms with Crippen LogP contribution in [0.1, 0.15) is 27.7 Å². The summed E-state index contributed by atoms with van der Waals surface area (Å²) < 4.78 is 81.9. The van der Waals surface area contributed by atoms with Crippen molar-refractivity contribution in [3.05, 3.63) is 0 Å². The van der Waals surface area contributed by atoms with Crippen LogP contribution in [0, 0.1) is 47.3 Å². The van der Waals surface area contributed by atoms with Crippen molar-refractivity contribution in [2.45, 2.75) is 58.3 Å². The van der Waals surface area contributed by atoms with Crippen molar-refractivity contribution in [2.24, 2.45) is 47.3 Å². The summed E-state index contributed by atoms with van der Waals surface area (Å²) in [7, 11) is 0.00712. The molecule has 0 aromatic heterocycles. The Morgan fingerprint density at radius 3 is 1.35 bits per heavy atom. The molecule has 3 saturated carbocycles. The summed E-state index contributed by atoms with van der Waals surface area (Å²) in [6.45, 7) is 5.90. The normalized spacial score (nSPS) is 30.3. The van der Waals surface area contributed by atoms with Crippen molar-refractivity contribution in [1.29, 1.82) is 0 Å². The van der Waals surface area contributed by atoms with Gasteiger partial charge in [-0.1, -0.05) is 13.8 Å². The highest BCUT2D eigenvalue weighted by Gasteiger charge is 2.76. The lowest BCUT2D eigenvalue weighted by molar-refractivity contribution is -0.147. The molecule has 0 radical (unpaired) electrons. The van der Waals surface area contributed by atoms with Gasteiger partial charge in [0, 0.05) is 0 Å². The molecule has 5 unspecified atom stereocenters. The maximum atomic E-state index is 13.3. The first-order valence-corrected chi connectivity index (χ1v) is 12.7. The van der Waals surface area contributed by atoms with E-state index < -0.39 is 114 Å². The number of carboxylic acid groups (broad SMARTS) is 3. The molecule has 244 valence electrons. The molecule has 0 saturated heterocycles. The van der Waals surface area contributed by atoms with Gasteiger partial charge in [0.1, 0.15) is 23.4 Å². The zero-order valence-electron chi connectivity index (χ0n) is 23.7. The average Bonchev–Trinajstić information content (AvgIpc) is 3.75. The van der Waals surface area contributed by atoms with Gasteiger partial charge in [0.25, 0.3) is 17.8 Å². The summed E-state index contributed by atoms with van der Waals surface area (Å²) in [5.41, 5.74) is 0. The molecule has 5 N–H and O–H groups in total. The van der Waals surface area contributed by atoms with E-state index in [4.69, 9.17) is 20.3 Å². The Hall–Kier alpha value is -3.22. The highest BCUT2D eigenvalue weighted by atomic mass is 19.3. The van der Waals surface area contributed by atoms with E-state index in [1.165, 1.54) is 13.7 Å². The fourth-order valence-corrected chi connectivity index (χ4v) is 5.09.